The van der Waals surface area contributed by atoms with Crippen LogP contribution in [0.1, 0.15) is 0 Å². The maximum Gasteiger partial charge on any atom is 0.276 e. The molecule has 3 N–H and O–H groups in total. The van der Waals surface area contributed by atoms with Crippen LogP contribution in [0.3, 0.4) is 0 Å². The van der Waals surface area contributed by atoms with Crippen LogP contribution in [0.4, 0.5) is 8.78 Å². The molecule has 0 heterocycles. The van der Waals surface area contributed by atoms with Crippen molar-refractivity contribution in [3.63, 3.8) is 0 Å². The highest BCUT2D eigenvalue weighted by atomic mass is 19.3. The third kappa shape index (κ3) is 2.04. The lowest BCUT2D eigenvalue weighted by molar-refractivity contribution is -0.000168. The molecule has 0 bridgehead atoms. The average Bonchev–Trinajstić information content (AvgIpc) is 1.36. The molecule has 0 fully saturated rings. The first kappa shape index (κ1) is 5.78. The van der Waals surface area contributed by atoms with Gasteiger partial charge >= 0.3 is 0 Å². The summed E-state index contributed by atoms with van der Waals surface area (Å²) in [5, 5.41) is 7.66. The van der Waals surface area contributed by atoms with E-state index >= 15 is 0 Å². The Morgan fingerprint density at radius 1 is 1.50 bits per heavy atom. The summed E-state index contributed by atoms with van der Waals surface area (Å²) in [6.07, 6.45) is -4.80. The first-order valence-electron chi connectivity index (χ1n) is 1.36. The van der Waals surface area contributed by atoms with Crippen LogP contribution >= 0.6 is 0 Å². The normalized spacial score (nSPS) is 15.5. The van der Waals surface area contributed by atoms with E-state index in [0.29, 0.717) is 0 Å². The molecule has 0 saturated heterocycles. The van der Waals surface area contributed by atoms with E-state index in [2.05, 4.69) is 5.73 Å². The lowest BCUT2D eigenvalue weighted by atomic mass is 10.6. The molecule has 0 aromatic rings. The van der Waals surface area contributed by atoms with Crippen LogP contribution in [0.5, 0.6) is 0 Å². The van der Waals surface area contributed by atoms with Crippen molar-refractivity contribution >= 4 is 0 Å². The third-order valence-corrected chi connectivity index (χ3v) is 0.258. The van der Waals surface area contributed by atoms with E-state index in [4.69, 9.17) is 5.11 Å². The van der Waals surface area contributed by atoms with Gasteiger partial charge in [0.15, 0.2) is 6.23 Å². The molecular weight excluding hydrogens is 92.0 g/mol. The van der Waals surface area contributed by atoms with E-state index < -0.39 is 12.7 Å². The predicted octanol–water partition coefficient (Wildman–Crippen LogP) is -0.471. The number of aliphatic hydroxyl groups excluding tert-OH is 1. The Kier molecular flexibility index (Phi) is 1.97. The Labute approximate surface area is 33.6 Å². The van der Waals surface area contributed by atoms with Gasteiger partial charge in [-0.3, -0.25) is 0 Å². The Morgan fingerprint density at radius 2 is 1.67 bits per heavy atom. The largest absolute Gasteiger partial charge is 0.373 e. The zero-order valence-electron chi connectivity index (χ0n) is 2.94. The number of hydrogen-bond donors (Lipinski definition) is 2. The van der Waals surface area contributed by atoms with Gasteiger partial charge in [0.2, 0.25) is 0 Å². The molecule has 0 aliphatic heterocycles. The van der Waals surface area contributed by atoms with Crippen LogP contribution in [0.15, 0.2) is 0 Å². The molecule has 0 aromatic carbocycles. The van der Waals surface area contributed by atoms with Crippen LogP contribution in [0.25, 0.3) is 0 Å². The fourth-order valence-corrected chi connectivity index (χ4v) is 0. The Hall–Kier alpha value is -0.220. The number of halogens is 2. The quantitative estimate of drug-likeness (QED) is 0.434. The average molecular weight is 97.1 g/mol. The Bertz CT molecular complexity index is 32.5. The van der Waals surface area contributed by atoms with Gasteiger partial charge in [-0.05, 0) is 0 Å². The van der Waals surface area contributed by atoms with Gasteiger partial charge < -0.3 is 10.8 Å². The van der Waals surface area contributed by atoms with Crippen molar-refractivity contribution in [1.82, 2.24) is 0 Å². The van der Waals surface area contributed by atoms with E-state index in [9.17, 15) is 8.78 Å². The minimum Gasteiger partial charge on any atom is -0.373 e. The smallest absolute Gasteiger partial charge is 0.276 e. The summed E-state index contributed by atoms with van der Waals surface area (Å²) < 4.78 is 21.6. The van der Waals surface area contributed by atoms with E-state index in [1.54, 1.807) is 0 Å². The first-order valence-corrected chi connectivity index (χ1v) is 1.36. The van der Waals surface area contributed by atoms with Crippen molar-refractivity contribution in [2.45, 2.75) is 12.7 Å². The Balaban J connectivity index is 2.99. The zero-order chi connectivity index (χ0) is 5.15. The lowest BCUT2D eigenvalue weighted by Gasteiger charge is -1.97. The molecule has 0 spiro atoms. The zero-order valence-corrected chi connectivity index (χ0v) is 2.94. The van der Waals surface area contributed by atoms with Crippen LogP contribution in [0, 0.1) is 0 Å². The van der Waals surface area contributed by atoms with Gasteiger partial charge in [0.1, 0.15) is 0 Å². The second-order valence-corrected chi connectivity index (χ2v) is 0.825. The number of aliphatic hydroxyl groups is 1. The second-order valence-electron chi connectivity index (χ2n) is 0.825. The summed E-state index contributed by atoms with van der Waals surface area (Å²) >= 11 is 0. The summed E-state index contributed by atoms with van der Waals surface area (Å²) in [5.41, 5.74) is 4.24. The molecule has 38 valence electrons. The van der Waals surface area contributed by atoms with Gasteiger partial charge in [0, 0.05) is 0 Å². The highest BCUT2D eigenvalue weighted by Gasteiger charge is 2.08. The van der Waals surface area contributed by atoms with Crippen LogP contribution < -0.4 is 5.73 Å². The lowest BCUT2D eigenvalue weighted by Crippen LogP contribution is -2.27. The van der Waals surface area contributed by atoms with Crippen molar-refractivity contribution in [2.75, 3.05) is 0 Å². The molecule has 0 amide bonds. The number of hydrogen-bond acceptors (Lipinski definition) is 2. The number of nitrogens with two attached hydrogens (primary N) is 1. The standard InChI is InChI=1S/C2H5F2NO/c3-1(4)2(5)6/h1-2,6H,5H2. The molecule has 0 saturated carbocycles. The summed E-state index contributed by atoms with van der Waals surface area (Å²) in [6.45, 7) is 0. The van der Waals surface area contributed by atoms with Gasteiger partial charge in [0.05, 0.1) is 0 Å². The molecule has 0 radical (unpaired) electrons. The van der Waals surface area contributed by atoms with E-state index in [0.717, 1.165) is 0 Å². The maximum atomic E-state index is 10.8. The molecule has 0 aromatic heterocycles. The fourth-order valence-electron chi connectivity index (χ4n) is 0. The van der Waals surface area contributed by atoms with Gasteiger partial charge in [-0.15, -0.1) is 0 Å². The minimum absolute atomic E-state index is 1.98. The van der Waals surface area contributed by atoms with Crippen LogP contribution in [-0.4, -0.2) is 17.8 Å². The van der Waals surface area contributed by atoms with Crippen molar-refractivity contribution in [2.24, 2.45) is 5.73 Å². The molecule has 1 unspecified atom stereocenters. The van der Waals surface area contributed by atoms with Crippen molar-refractivity contribution in [1.29, 1.82) is 0 Å². The van der Waals surface area contributed by atoms with E-state index in [1.165, 1.54) is 0 Å². The SMILES string of the molecule is NC(O)C(F)F. The minimum atomic E-state index is -2.81. The molecule has 0 rings (SSSR count). The molecule has 0 aliphatic carbocycles. The predicted molar refractivity (Wildman–Crippen MR) is 16.2 cm³/mol. The molecule has 1 atom stereocenters. The summed E-state index contributed by atoms with van der Waals surface area (Å²) in [7, 11) is 0. The highest BCUT2D eigenvalue weighted by molar-refractivity contribution is 4.41. The number of rotatable bonds is 1. The van der Waals surface area contributed by atoms with Crippen LogP contribution in [0.2, 0.25) is 0 Å². The summed E-state index contributed by atoms with van der Waals surface area (Å²) in [4.78, 5) is 0. The van der Waals surface area contributed by atoms with Crippen LogP contribution in [-0.2, 0) is 0 Å². The van der Waals surface area contributed by atoms with Crippen molar-refractivity contribution in [3.05, 3.63) is 0 Å². The first-order chi connectivity index (χ1) is 2.64. The third-order valence-electron chi connectivity index (χ3n) is 0.258. The summed E-state index contributed by atoms with van der Waals surface area (Å²) in [6, 6.07) is 0. The van der Waals surface area contributed by atoms with E-state index in [-0.39, 0.29) is 0 Å². The fraction of sp³-hybridized carbons (Fsp3) is 1.00. The highest BCUT2D eigenvalue weighted by Crippen LogP contribution is 1.91. The number of alkyl halides is 2. The van der Waals surface area contributed by atoms with E-state index in [1.807, 2.05) is 0 Å². The summed E-state index contributed by atoms with van der Waals surface area (Å²) in [5.74, 6) is 0. The molecule has 0 aliphatic rings. The molecular formula is C2H5F2NO. The Morgan fingerprint density at radius 3 is 1.67 bits per heavy atom. The second kappa shape index (κ2) is 2.04. The van der Waals surface area contributed by atoms with Gasteiger partial charge in [0.25, 0.3) is 6.43 Å². The molecule has 4 heteroatoms. The topological polar surface area (TPSA) is 46.2 Å². The van der Waals surface area contributed by atoms with Gasteiger partial charge in [-0.2, -0.15) is 0 Å². The molecule has 6 heavy (non-hydrogen) atoms. The van der Waals surface area contributed by atoms with Gasteiger partial charge in [-0.25, -0.2) is 8.78 Å². The van der Waals surface area contributed by atoms with Crippen molar-refractivity contribution < 1.29 is 13.9 Å². The van der Waals surface area contributed by atoms with Gasteiger partial charge in [-0.1, -0.05) is 0 Å². The van der Waals surface area contributed by atoms with Crippen molar-refractivity contribution in [3.8, 4) is 0 Å². The monoisotopic (exact) mass is 97.0 g/mol. The molecule has 2 nitrogen and oxygen atoms in total. The maximum absolute atomic E-state index is 10.8.